The number of halogens is 3. The Morgan fingerprint density at radius 1 is 1.09 bits per heavy atom. The number of piperidine rings is 2. The van der Waals surface area contributed by atoms with Crippen LogP contribution in [0.25, 0.3) is 10.9 Å². The predicted octanol–water partition coefficient (Wildman–Crippen LogP) is 2.85. The summed E-state index contributed by atoms with van der Waals surface area (Å²) in [5.74, 6) is 0.428. The third kappa shape index (κ3) is 4.74. The van der Waals surface area contributed by atoms with Crippen LogP contribution in [0.15, 0.2) is 12.1 Å². The lowest BCUT2D eigenvalue weighted by molar-refractivity contribution is -0.136. The first kappa shape index (κ1) is 22.6. The van der Waals surface area contributed by atoms with E-state index in [4.69, 9.17) is 5.73 Å². The van der Waals surface area contributed by atoms with Crippen LogP contribution in [0.1, 0.15) is 53.7 Å². The van der Waals surface area contributed by atoms with Crippen molar-refractivity contribution in [2.45, 2.75) is 44.7 Å². The van der Waals surface area contributed by atoms with E-state index in [1.54, 1.807) is 0 Å². The normalized spacial score (nSPS) is 18.9. The molecule has 4 rings (SSSR count). The van der Waals surface area contributed by atoms with E-state index in [0.29, 0.717) is 24.6 Å². The first-order valence-electron chi connectivity index (χ1n) is 11.1. The molecule has 0 bridgehead atoms. The molecule has 2 saturated heterocycles. The van der Waals surface area contributed by atoms with Gasteiger partial charge in [-0.25, -0.2) is 0 Å². The van der Waals surface area contributed by atoms with Gasteiger partial charge in [0.05, 0.1) is 5.56 Å². The second-order valence-electron chi connectivity index (χ2n) is 8.81. The van der Waals surface area contributed by atoms with Gasteiger partial charge in [0.15, 0.2) is 0 Å². The highest BCUT2D eigenvalue weighted by molar-refractivity contribution is 6.04. The number of benzene rings is 1. The number of hydrogen-bond donors (Lipinski definition) is 3. The Hall–Kier alpha value is -2.62. The van der Waals surface area contributed by atoms with Crippen LogP contribution in [-0.2, 0) is 17.4 Å². The molecular formula is C22H28F3N5O2. The first-order valence-corrected chi connectivity index (χ1v) is 11.1. The van der Waals surface area contributed by atoms with E-state index >= 15 is 0 Å². The topological polar surface area (TPSA) is 104 Å². The maximum Gasteiger partial charge on any atom is 0.418 e. The number of rotatable bonds is 5. The van der Waals surface area contributed by atoms with E-state index in [9.17, 15) is 22.8 Å². The molecule has 2 aliphatic rings. The predicted molar refractivity (Wildman–Crippen MR) is 113 cm³/mol. The standard InChI is InChI=1S/C22H28F3N5O2/c23-22(24,25)17-12-13(11-16-19(17)28-29-20(16)21(26)32)1-2-18(31)30-9-5-15(6-10-30)14-3-7-27-8-4-14/h11-12,14-15,27H,1-10H2,(H2,26,32)(H,28,29). The molecule has 10 heteroatoms. The fourth-order valence-corrected chi connectivity index (χ4v) is 5.07. The number of nitrogens with zero attached hydrogens (tertiary/aromatic N) is 2. The van der Waals surface area contributed by atoms with Gasteiger partial charge in [0.1, 0.15) is 11.2 Å². The van der Waals surface area contributed by atoms with Gasteiger partial charge in [-0.3, -0.25) is 14.7 Å². The van der Waals surface area contributed by atoms with Crippen molar-refractivity contribution < 1.29 is 22.8 Å². The van der Waals surface area contributed by atoms with Crippen LogP contribution in [0.5, 0.6) is 0 Å². The van der Waals surface area contributed by atoms with Crippen molar-refractivity contribution in [1.82, 2.24) is 20.4 Å². The van der Waals surface area contributed by atoms with Crippen LogP contribution in [0.2, 0.25) is 0 Å². The average Bonchev–Trinajstić information content (AvgIpc) is 3.21. The highest BCUT2D eigenvalue weighted by Gasteiger charge is 2.35. The number of hydrogen-bond acceptors (Lipinski definition) is 4. The molecule has 2 fully saturated rings. The minimum absolute atomic E-state index is 0.0255. The van der Waals surface area contributed by atoms with Gasteiger partial charge in [0.25, 0.3) is 5.91 Å². The van der Waals surface area contributed by atoms with Crippen LogP contribution in [0.3, 0.4) is 0 Å². The van der Waals surface area contributed by atoms with Crippen LogP contribution < -0.4 is 11.1 Å². The van der Waals surface area contributed by atoms with E-state index < -0.39 is 17.6 Å². The zero-order valence-electron chi connectivity index (χ0n) is 17.8. The number of carbonyl (C=O) groups excluding carboxylic acids is 2. The monoisotopic (exact) mass is 451 g/mol. The summed E-state index contributed by atoms with van der Waals surface area (Å²) in [7, 11) is 0. The zero-order chi connectivity index (χ0) is 22.9. The van der Waals surface area contributed by atoms with Gasteiger partial charge >= 0.3 is 6.18 Å². The first-order chi connectivity index (χ1) is 15.2. The molecule has 1 aromatic heterocycles. The number of primary amides is 1. The number of nitrogens with two attached hydrogens (primary N) is 1. The third-order valence-corrected chi connectivity index (χ3v) is 6.84. The van der Waals surface area contributed by atoms with E-state index in [0.717, 1.165) is 37.9 Å². The summed E-state index contributed by atoms with van der Waals surface area (Å²) in [6.07, 6.45) is -0.0397. The van der Waals surface area contributed by atoms with Gasteiger partial charge in [0, 0.05) is 24.9 Å². The van der Waals surface area contributed by atoms with Crippen molar-refractivity contribution in [2.24, 2.45) is 17.6 Å². The Morgan fingerprint density at radius 2 is 1.75 bits per heavy atom. The van der Waals surface area contributed by atoms with Crippen molar-refractivity contribution in [1.29, 1.82) is 0 Å². The molecular weight excluding hydrogens is 423 g/mol. The summed E-state index contributed by atoms with van der Waals surface area (Å²) >= 11 is 0. The molecule has 32 heavy (non-hydrogen) atoms. The number of carbonyl (C=O) groups is 2. The van der Waals surface area contributed by atoms with Gasteiger partial charge in [-0.15, -0.1) is 0 Å². The lowest BCUT2D eigenvalue weighted by atomic mass is 9.79. The molecule has 0 saturated carbocycles. The molecule has 2 aromatic rings. The van der Waals surface area contributed by atoms with Gasteiger partial charge in [-0.05, 0) is 74.7 Å². The molecule has 0 spiro atoms. The quantitative estimate of drug-likeness (QED) is 0.650. The zero-order valence-corrected chi connectivity index (χ0v) is 17.8. The van der Waals surface area contributed by atoms with Gasteiger partial charge in [-0.2, -0.15) is 18.3 Å². The van der Waals surface area contributed by atoms with E-state index in [-0.39, 0.29) is 35.3 Å². The molecule has 0 radical (unpaired) electrons. The Bertz CT molecular complexity index is 989. The molecule has 1 aromatic carbocycles. The third-order valence-electron chi connectivity index (χ3n) is 6.84. The molecule has 174 valence electrons. The lowest BCUT2D eigenvalue weighted by Gasteiger charge is -2.37. The van der Waals surface area contributed by atoms with E-state index in [1.165, 1.54) is 18.9 Å². The van der Waals surface area contributed by atoms with Gasteiger partial charge in [-0.1, -0.05) is 0 Å². The summed E-state index contributed by atoms with van der Waals surface area (Å²) in [6.45, 7) is 3.52. The van der Waals surface area contributed by atoms with Gasteiger partial charge in [0.2, 0.25) is 5.91 Å². The van der Waals surface area contributed by atoms with Crippen LogP contribution in [-0.4, -0.2) is 53.1 Å². The molecule has 3 heterocycles. The largest absolute Gasteiger partial charge is 0.418 e. The number of aromatic nitrogens is 2. The number of aryl methyl sites for hydroxylation is 1. The van der Waals surface area contributed by atoms with Crippen molar-refractivity contribution in [3.8, 4) is 0 Å². The number of nitrogens with one attached hydrogen (secondary N) is 2. The minimum atomic E-state index is -4.64. The van der Waals surface area contributed by atoms with Crippen molar-refractivity contribution in [3.63, 3.8) is 0 Å². The van der Waals surface area contributed by atoms with Crippen molar-refractivity contribution in [3.05, 3.63) is 29.0 Å². The van der Waals surface area contributed by atoms with Crippen LogP contribution in [0.4, 0.5) is 13.2 Å². The Balaban J connectivity index is 1.42. The molecule has 2 amide bonds. The maximum absolute atomic E-state index is 13.5. The summed E-state index contributed by atoms with van der Waals surface area (Å²) < 4.78 is 40.6. The smallest absolute Gasteiger partial charge is 0.364 e. The second-order valence-corrected chi connectivity index (χ2v) is 8.81. The molecule has 0 atom stereocenters. The number of likely N-dealkylation sites (tertiary alicyclic amines) is 1. The SMILES string of the molecule is NC(=O)c1[nH]nc2c(C(F)(F)F)cc(CCC(=O)N3CCC(C4CCNCC4)CC3)cc12. The Morgan fingerprint density at radius 3 is 2.38 bits per heavy atom. The fourth-order valence-electron chi connectivity index (χ4n) is 5.07. The lowest BCUT2D eigenvalue weighted by Crippen LogP contribution is -2.42. The van der Waals surface area contributed by atoms with Gasteiger partial charge < -0.3 is 16.0 Å². The molecule has 2 aliphatic heterocycles. The summed E-state index contributed by atoms with van der Waals surface area (Å²) in [5, 5.41) is 9.34. The second kappa shape index (κ2) is 9.09. The average molecular weight is 451 g/mol. The molecule has 7 nitrogen and oxygen atoms in total. The number of H-pyrrole nitrogens is 1. The van der Waals surface area contributed by atoms with Crippen LogP contribution >= 0.6 is 0 Å². The number of aromatic amines is 1. The van der Waals surface area contributed by atoms with Crippen LogP contribution in [0, 0.1) is 11.8 Å². The fraction of sp³-hybridized carbons (Fsp3) is 0.591. The summed E-state index contributed by atoms with van der Waals surface area (Å²) in [6, 6.07) is 2.47. The Labute approximate surface area is 183 Å². The molecule has 0 unspecified atom stereocenters. The summed E-state index contributed by atoms with van der Waals surface area (Å²) in [5.41, 5.74) is 4.13. The van der Waals surface area contributed by atoms with E-state index in [2.05, 4.69) is 15.5 Å². The number of alkyl halides is 3. The van der Waals surface area contributed by atoms with Crippen molar-refractivity contribution >= 4 is 22.7 Å². The highest BCUT2D eigenvalue weighted by atomic mass is 19.4. The Kier molecular flexibility index (Phi) is 6.41. The molecule has 0 aliphatic carbocycles. The van der Waals surface area contributed by atoms with Crippen molar-refractivity contribution in [2.75, 3.05) is 26.2 Å². The highest BCUT2D eigenvalue weighted by Crippen LogP contribution is 2.36. The molecule has 4 N–H and O–H groups in total. The van der Waals surface area contributed by atoms with E-state index in [1.807, 2.05) is 4.90 Å². The maximum atomic E-state index is 13.5. The minimum Gasteiger partial charge on any atom is -0.364 e. The number of amides is 2. The summed E-state index contributed by atoms with van der Waals surface area (Å²) in [4.78, 5) is 26.1. The number of fused-ring (bicyclic) bond motifs is 1.